The molecule has 1 heterocycles. The van der Waals surface area contributed by atoms with E-state index in [-0.39, 0.29) is 5.91 Å². The monoisotopic (exact) mass is 519 g/mol. The summed E-state index contributed by atoms with van der Waals surface area (Å²) in [6.45, 7) is 2.55. The first-order valence-corrected chi connectivity index (χ1v) is 12.2. The number of rotatable bonds is 8. The standard InChI is InChI=1S/C30H28F3N3O2/c1-20-9-11-21(12-10-20)6-5-17-34-29(38)27-18-24(19-36(27)2)35-28(37)26-8-4-3-7-25(26)22-13-15-23(16-14-22)30(31,32)33/h3-4,7-16,18-19H,5-6,17H2,1-2H3,(H,34,38)(H,35,37). The smallest absolute Gasteiger partial charge is 0.351 e. The predicted molar refractivity (Wildman–Crippen MR) is 142 cm³/mol. The molecule has 1 aromatic heterocycles. The van der Waals surface area contributed by atoms with Crippen LogP contribution in [0.5, 0.6) is 0 Å². The molecule has 0 spiro atoms. The second-order valence-electron chi connectivity index (χ2n) is 9.14. The first-order chi connectivity index (χ1) is 18.1. The molecule has 0 aliphatic rings. The van der Waals surface area contributed by atoms with Crippen LogP contribution in [0, 0.1) is 6.92 Å². The van der Waals surface area contributed by atoms with Crippen LogP contribution >= 0.6 is 0 Å². The second kappa shape index (κ2) is 11.4. The van der Waals surface area contributed by atoms with Gasteiger partial charge in [-0.25, -0.2) is 0 Å². The Kier molecular flexibility index (Phi) is 8.00. The number of carbonyl (C=O) groups excluding carboxylic acids is 2. The van der Waals surface area contributed by atoms with Gasteiger partial charge in [0.15, 0.2) is 0 Å². The maximum Gasteiger partial charge on any atom is 0.416 e. The highest BCUT2D eigenvalue weighted by molar-refractivity contribution is 6.09. The van der Waals surface area contributed by atoms with E-state index in [1.165, 1.54) is 23.3 Å². The number of carbonyl (C=O) groups is 2. The molecule has 0 aliphatic carbocycles. The molecule has 4 rings (SSSR count). The van der Waals surface area contributed by atoms with Crippen molar-refractivity contribution in [1.29, 1.82) is 0 Å². The molecule has 0 unspecified atom stereocenters. The minimum Gasteiger partial charge on any atom is -0.351 e. The lowest BCUT2D eigenvalue weighted by molar-refractivity contribution is -0.137. The van der Waals surface area contributed by atoms with E-state index in [9.17, 15) is 22.8 Å². The van der Waals surface area contributed by atoms with Gasteiger partial charge in [-0.1, -0.05) is 60.2 Å². The molecule has 2 N–H and O–H groups in total. The third-order valence-electron chi connectivity index (χ3n) is 6.24. The summed E-state index contributed by atoms with van der Waals surface area (Å²) < 4.78 is 40.4. The van der Waals surface area contributed by atoms with Crippen LogP contribution in [0.3, 0.4) is 0 Å². The van der Waals surface area contributed by atoms with Crippen molar-refractivity contribution in [2.24, 2.45) is 7.05 Å². The highest BCUT2D eigenvalue weighted by Crippen LogP contribution is 2.32. The zero-order valence-electron chi connectivity index (χ0n) is 21.1. The first-order valence-electron chi connectivity index (χ1n) is 12.2. The highest BCUT2D eigenvalue weighted by atomic mass is 19.4. The number of nitrogens with one attached hydrogen (secondary N) is 2. The van der Waals surface area contributed by atoms with Gasteiger partial charge in [-0.05, 0) is 60.7 Å². The summed E-state index contributed by atoms with van der Waals surface area (Å²) in [6.07, 6.45) is -1.15. The minimum atomic E-state index is -4.44. The van der Waals surface area contributed by atoms with Crippen LogP contribution in [0.4, 0.5) is 18.9 Å². The van der Waals surface area contributed by atoms with Gasteiger partial charge < -0.3 is 15.2 Å². The van der Waals surface area contributed by atoms with Crippen LogP contribution in [0.25, 0.3) is 11.1 Å². The van der Waals surface area contributed by atoms with Crippen LogP contribution < -0.4 is 10.6 Å². The van der Waals surface area contributed by atoms with Crippen LogP contribution in [0.2, 0.25) is 0 Å². The molecule has 38 heavy (non-hydrogen) atoms. The second-order valence-corrected chi connectivity index (χ2v) is 9.14. The fourth-order valence-corrected chi connectivity index (χ4v) is 4.17. The van der Waals surface area contributed by atoms with Gasteiger partial charge in [0.2, 0.25) is 0 Å². The highest BCUT2D eigenvalue weighted by Gasteiger charge is 2.30. The molecule has 0 saturated carbocycles. The van der Waals surface area contributed by atoms with Crippen molar-refractivity contribution in [2.75, 3.05) is 11.9 Å². The predicted octanol–water partition coefficient (Wildman–Crippen LogP) is 6.63. The molecule has 4 aromatic rings. The van der Waals surface area contributed by atoms with Crippen molar-refractivity contribution in [3.8, 4) is 11.1 Å². The minimum absolute atomic E-state index is 0.248. The molecule has 0 aliphatic heterocycles. The Labute approximate surface area is 219 Å². The molecule has 0 atom stereocenters. The molecule has 0 radical (unpaired) electrons. The molecule has 0 fully saturated rings. The zero-order valence-corrected chi connectivity index (χ0v) is 21.1. The van der Waals surface area contributed by atoms with Gasteiger partial charge in [0.25, 0.3) is 11.8 Å². The lowest BCUT2D eigenvalue weighted by Crippen LogP contribution is -2.26. The number of nitrogens with zero attached hydrogens (tertiary/aromatic N) is 1. The van der Waals surface area contributed by atoms with Gasteiger partial charge in [-0.3, -0.25) is 9.59 Å². The fourth-order valence-electron chi connectivity index (χ4n) is 4.17. The van der Waals surface area contributed by atoms with E-state index < -0.39 is 17.6 Å². The maximum absolute atomic E-state index is 13.1. The van der Waals surface area contributed by atoms with E-state index in [4.69, 9.17) is 0 Å². The normalized spacial score (nSPS) is 11.3. The number of hydrogen-bond acceptors (Lipinski definition) is 2. The molecule has 2 amide bonds. The fraction of sp³-hybridized carbons (Fsp3) is 0.200. The largest absolute Gasteiger partial charge is 0.416 e. The van der Waals surface area contributed by atoms with Crippen molar-refractivity contribution in [1.82, 2.24) is 9.88 Å². The number of hydrogen-bond donors (Lipinski definition) is 2. The Morgan fingerprint density at radius 1 is 0.895 bits per heavy atom. The van der Waals surface area contributed by atoms with Crippen LogP contribution in [-0.2, 0) is 19.6 Å². The summed E-state index contributed by atoms with van der Waals surface area (Å²) in [5.41, 5.74) is 3.79. The summed E-state index contributed by atoms with van der Waals surface area (Å²) in [4.78, 5) is 25.8. The van der Waals surface area contributed by atoms with Crippen molar-refractivity contribution < 1.29 is 22.8 Å². The van der Waals surface area contributed by atoms with Gasteiger partial charge in [0, 0.05) is 25.4 Å². The first kappa shape index (κ1) is 26.7. The number of aromatic nitrogens is 1. The Morgan fingerprint density at radius 2 is 1.58 bits per heavy atom. The van der Waals surface area contributed by atoms with E-state index in [0.29, 0.717) is 34.6 Å². The number of alkyl halides is 3. The van der Waals surface area contributed by atoms with E-state index in [2.05, 4.69) is 34.9 Å². The molecule has 3 aromatic carbocycles. The summed E-state index contributed by atoms with van der Waals surface area (Å²) in [6, 6.07) is 21.2. The number of anilines is 1. The van der Waals surface area contributed by atoms with E-state index in [0.717, 1.165) is 25.0 Å². The zero-order chi connectivity index (χ0) is 27.3. The summed E-state index contributed by atoms with van der Waals surface area (Å²) in [5.74, 6) is -0.682. The van der Waals surface area contributed by atoms with Gasteiger partial charge in [-0.15, -0.1) is 0 Å². The topological polar surface area (TPSA) is 63.1 Å². The van der Waals surface area contributed by atoms with Crippen molar-refractivity contribution in [3.63, 3.8) is 0 Å². The Morgan fingerprint density at radius 3 is 2.26 bits per heavy atom. The van der Waals surface area contributed by atoms with E-state index in [1.54, 1.807) is 48.1 Å². The molecule has 5 nitrogen and oxygen atoms in total. The van der Waals surface area contributed by atoms with Crippen LogP contribution in [-0.4, -0.2) is 22.9 Å². The number of amides is 2. The number of benzene rings is 3. The molecule has 0 saturated heterocycles. The molecular formula is C30H28F3N3O2. The van der Waals surface area contributed by atoms with E-state index in [1.807, 2.05) is 6.92 Å². The third kappa shape index (κ3) is 6.51. The summed E-state index contributed by atoms with van der Waals surface area (Å²) in [7, 11) is 1.72. The average molecular weight is 520 g/mol. The van der Waals surface area contributed by atoms with Gasteiger partial charge >= 0.3 is 6.18 Å². The van der Waals surface area contributed by atoms with Crippen LogP contribution in [0.1, 0.15) is 44.0 Å². The lowest BCUT2D eigenvalue weighted by Gasteiger charge is -2.11. The SMILES string of the molecule is Cc1ccc(CCCNC(=O)c2cc(NC(=O)c3ccccc3-c3ccc(C(F)(F)F)cc3)cn2C)cc1. The molecule has 8 heteroatoms. The number of aryl methyl sites for hydroxylation is 3. The molecular weight excluding hydrogens is 491 g/mol. The Bertz CT molecular complexity index is 1420. The van der Waals surface area contributed by atoms with Gasteiger partial charge in [0.1, 0.15) is 5.69 Å². The Balaban J connectivity index is 1.39. The van der Waals surface area contributed by atoms with Gasteiger partial charge in [0.05, 0.1) is 11.3 Å². The quantitative estimate of drug-likeness (QED) is 0.257. The van der Waals surface area contributed by atoms with Crippen molar-refractivity contribution in [3.05, 3.63) is 113 Å². The molecule has 196 valence electrons. The summed E-state index contributed by atoms with van der Waals surface area (Å²) in [5, 5.41) is 5.71. The summed E-state index contributed by atoms with van der Waals surface area (Å²) >= 11 is 0. The maximum atomic E-state index is 13.1. The van der Waals surface area contributed by atoms with Crippen molar-refractivity contribution >= 4 is 17.5 Å². The van der Waals surface area contributed by atoms with E-state index >= 15 is 0 Å². The van der Waals surface area contributed by atoms with Crippen molar-refractivity contribution in [2.45, 2.75) is 25.9 Å². The van der Waals surface area contributed by atoms with Gasteiger partial charge in [-0.2, -0.15) is 13.2 Å². The van der Waals surface area contributed by atoms with Crippen LogP contribution in [0.15, 0.2) is 85.1 Å². The molecule has 0 bridgehead atoms. The Hall–Kier alpha value is -4.33. The lowest BCUT2D eigenvalue weighted by atomic mass is 9.98. The average Bonchev–Trinajstić information content (AvgIpc) is 3.27. The third-order valence-corrected chi connectivity index (χ3v) is 6.24. The number of halogens is 3.